The number of aromatic nitrogens is 2. The SMILES string of the molecule is CC1CCCC(C)N1c1nc2ccccn2c1C(=O)O. The van der Waals surface area contributed by atoms with Crippen LogP contribution >= 0.6 is 0 Å². The zero-order valence-corrected chi connectivity index (χ0v) is 11.8. The normalized spacial score (nSPS) is 23.2. The summed E-state index contributed by atoms with van der Waals surface area (Å²) < 4.78 is 1.66. The molecule has 2 aromatic heterocycles. The van der Waals surface area contributed by atoms with Crippen molar-refractivity contribution in [3.8, 4) is 0 Å². The van der Waals surface area contributed by atoms with E-state index >= 15 is 0 Å². The van der Waals surface area contributed by atoms with E-state index in [1.807, 2.05) is 18.2 Å². The Bertz CT molecular complexity index is 640. The standard InChI is InChI=1S/C15H19N3O2/c1-10-6-5-7-11(2)18(10)14-13(15(19)20)17-9-4-3-8-12(17)16-14/h3-4,8-11H,5-7H2,1-2H3,(H,19,20). The maximum absolute atomic E-state index is 11.7. The molecular weight excluding hydrogens is 254 g/mol. The molecule has 2 unspecified atom stereocenters. The molecule has 2 aromatic rings. The van der Waals surface area contributed by atoms with Crippen molar-refractivity contribution in [1.29, 1.82) is 0 Å². The number of nitrogens with zero attached hydrogens (tertiary/aromatic N) is 3. The number of hydrogen-bond acceptors (Lipinski definition) is 3. The van der Waals surface area contributed by atoms with Crippen molar-refractivity contribution in [3.05, 3.63) is 30.1 Å². The van der Waals surface area contributed by atoms with E-state index in [2.05, 4.69) is 23.7 Å². The first-order valence-corrected chi connectivity index (χ1v) is 7.08. The van der Waals surface area contributed by atoms with Crippen LogP contribution in [-0.4, -0.2) is 32.5 Å². The van der Waals surface area contributed by atoms with Gasteiger partial charge in [-0.15, -0.1) is 0 Å². The molecule has 5 nitrogen and oxygen atoms in total. The average molecular weight is 273 g/mol. The first-order valence-electron chi connectivity index (χ1n) is 7.08. The van der Waals surface area contributed by atoms with Gasteiger partial charge < -0.3 is 10.0 Å². The Hall–Kier alpha value is -2.04. The molecule has 0 bridgehead atoms. The molecule has 20 heavy (non-hydrogen) atoms. The summed E-state index contributed by atoms with van der Waals surface area (Å²) in [7, 11) is 0. The molecule has 1 aliphatic rings. The Balaban J connectivity index is 2.19. The van der Waals surface area contributed by atoms with Crippen LogP contribution in [0.5, 0.6) is 0 Å². The Kier molecular flexibility index (Phi) is 3.12. The smallest absolute Gasteiger partial charge is 0.356 e. The van der Waals surface area contributed by atoms with Crippen LogP contribution in [0, 0.1) is 0 Å². The van der Waals surface area contributed by atoms with Gasteiger partial charge in [0.05, 0.1) is 0 Å². The Morgan fingerprint density at radius 2 is 2.00 bits per heavy atom. The molecule has 0 aromatic carbocycles. The molecule has 3 rings (SSSR count). The van der Waals surface area contributed by atoms with Gasteiger partial charge in [0.1, 0.15) is 5.65 Å². The van der Waals surface area contributed by atoms with Gasteiger partial charge in [0.25, 0.3) is 0 Å². The number of piperidine rings is 1. The summed E-state index contributed by atoms with van der Waals surface area (Å²) in [5, 5.41) is 9.57. The van der Waals surface area contributed by atoms with Gasteiger partial charge in [-0.3, -0.25) is 4.40 Å². The van der Waals surface area contributed by atoms with E-state index in [-0.39, 0.29) is 5.69 Å². The highest BCUT2D eigenvalue weighted by atomic mass is 16.4. The molecule has 0 radical (unpaired) electrons. The summed E-state index contributed by atoms with van der Waals surface area (Å²) in [5.74, 6) is -0.327. The predicted molar refractivity (Wildman–Crippen MR) is 77.4 cm³/mol. The van der Waals surface area contributed by atoms with Crippen LogP contribution in [0.25, 0.3) is 5.65 Å². The summed E-state index contributed by atoms with van der Waals surface area (Å²) >= 11 is 0. The fourth-order valence-corrected chi connectivity index (χ4v) is 3.20. The summed E-state index contributed by atoms with van der Waals surface area (Å²) in [6, 6.07) is 6.19. The van der Waals surface area contributed by atoms with E-state index in [1.165, 1.54) is 6.42 Å². The van der Waals surface area contributed by atoms with Crippen LogP contribution in [-0.2, 0) is 0 Å². The minimum Gasteiger partial charge on any atom is -0.476 e. The van der Waals surface area contributed by atoms with E-state index in [0.29, 0.717) is 23.5 Å². The van der Waals surface area contributed by atoms with Crippen molar-refractivity contribution in [2.75, 3.05) is 4.90 Å². The van der Waals surface area contributed by atoms with E-state index < -0.39 is 5.97 Å². The summed E-state index contributed by atoms with van der Waals surface area (Å²) in [4.78, 5) is 18.4. The summed E-state index contributed by atoms with van der Waals surface area (Å²) in [6.45, 7) is 4.29. The Labute approximate surface area is 117 Å². The lowest BCUT2D eigenvalue weighted by atomic mass is 9.97. The quantitative estimate of drug-likeness (QED) is 0.914. The van der Waals surface area contributed by atoms with Gasteiger partial charge in [0, 0.05) is 18.3 Å². The fourth-order valence-electron chi connectivity index (χ4n) is 3.20. The van der Waals surface area contributed by atoms with Crippen LogP contribution in [0.1, 0.15) is 43.6 Å². The van der Waals surface area contributed by atoms with E-state index in [1.54, 1.807) is 10.6 Å². The van der Waals surface area contributed by atoms with Crippen LogP contribution in [0.2, 0.25) is 0 Å². The molecular formula is C15H19N3O2. The number of fused-ring (bicyclic) bond motifs is 1. The maximum atomic E-state index is 11.7. The second-order valence-electron chi connectivity index (χ2n) is 5.55. The summed E-state index contributed by atoms with van der Waals surface area (Å²) in [6.07, 6.45) is 5.11. The third-order valence-electron chi connectivity index (χ3n) is 4.15. The van der Waals surface area contributed by atoms with Crippen LogP contribution in [0.3, 0.4) is 0 Å². The van der Waals surface area contributed by atoms with Crippen molar-refractivity contribution in [2.24, 2.45) is 0 Å². The second-order valence-corrected chi connectivity index (χ2v) is 5.55. The number of carboxylic acids is 1. The zero-order chi connectivity index (χ0) is 14.3. The molecule has 0 aliphatic carbocycles. The molecule has 1 saturated heterocycles. The van der Waals surface area contributed by atoms with Gasteiger partial charge >= 0.3 is 5.97 Å². The number of imidazole rings is 1. The third-order valence-corrected chi connectivity index (χ3v) is 4.15. The molecule has 0 saturated carbocycles. The number of carbonyl (C=O) groups is 1. The van der Waals surface area contributed by atoms with Gasteiger partial charge in [-0.05, 0) is 45.2 Å². The van der Waals surface area contributed by atoms with Gasteiger partial charge in [0.15, 0.2) is 11.5 Å². The number of anilines is 1. The van der Waals surface area contributed by atoms with E-state index in [0.717, 1.165) is 12.8 Å². The van der Waals surface area contributed by atoms with Gasteiger partial charge in [-0.25, -0.2) is 9.78 Å². The van der Waals surface area contributed by atoms with Gasteiger partial charge in [-0.2, -0.15) is 0 Å². The zero-order valence-electron chi connectivity index (χ0n) is 11.8. The highest BCUT2D eigenvalue weighted by Crippen LogP contribution is 2.31. The Morgan fingerprint density at radius 1 is 1.30 bits per heavy atom. The van der Waals surface area contributed by atoms with E-state index in [9.17, 15) is 9.90 Å². The highest BCUT2D eigenvalue weighted by Gasteiger charge is 2.31. The molecule has 1 N–H and O–H groups in total. The number of carboxylic acid groups (broad SMARTS) is 1. The number of pyridine rings is 1. The average Bonchev–Trinajstić information content (AvgIpc) is 2.77. The third kappa shape index (κ3) is 1.94. The monoisotopic (exact) mass is 273 g/mol. The van der Waals surface area contributed by atoms with Crippen LogP contribution < -0.4 is 4.90 Å². The fraction of sp³-hybridized carbons (Fsp3) is 0.467. The molecule has 106 valence electrons. The van der Waals surface area contributed by atoms with Crippen molar-refractivity contribution in [1.82, 2.24) is 9.38 Å². The minimum atomic E-state index is -0.927. The lowest BCUT2D eigenvalue weighted by Crippen LogP contribution is -2.44. The summed E-state index contributed by atoms with van der Waals surface area (Å²) in [5.41, 5.74) is 0.950. The Morgan fingerprint density at radius 3 is 2.65 bits per heavy atom. The molecule has 0 spiro atoms. The first-order chi connectivity index (χ1) is 9.59. The molecule has 0 amide bonds. The molecule has 1 fully saturated rings. The topological polar surface area (TPSA) is 57.8 Å². The maximum Gasteiger partial charge on any atom is 0.356 e. The van der Waals surface area contributed by atoms with Crippen molar-refractivity contribution >= 4 is 17.4 Å². The molecule has 3 heterocycles. The number of aromatic carboxylic acids is 1. The second kappa shape index (κ2) is 4.81. The van der Waals surface area contributed by atoms with Crippen LogP contribution in [0.4, 0.5) is 5.82 Å². The van der Waals surface area contributed by atoms with E-state index in [4.69, 9.17) is 0 Å². The minimum absolute atomic E-state index is 0.265. The number of rotatable bonds is 2. The molecule has 2 atom stereocenters. The van der Waals surface area contributed by atoms with Crippen molar-refractivity contribution < 1.29 is 9.90 Å². The highest BCUT2D eigenvalue weighted by molar-refractivity contribution is 5.93. The van der Waals surface area contributed by atoms with Crippen LogP contribution in [0.15, 0.2) is 24.4 Å². The van der Waals surface area contributed by atoms with Gasteiger partial charge in [0.2, 0.25) is 0 Å². The molecule has 5 heteroatoms. The molecule has 1 aliphatic heterocycles. The lowest BCUT2D eigenvalue weighted by molar-refractivity contribution is 0.0690. The number of hydrogen-bond donors (Lipinski definition) is 1. The predicted octanol–water partition coefficient (Wildman–Crippen LogP) is 2.80. The van der Waals surface area contributed by atoms with Crippen molar-refractivity contribution in [3.63, 3.8) is 0 Å². The first kappa shape index (κ1) is 13.0. The van der Waals surface area contributed by atoms with Gasteiger partial charge in [-0.1, -0.05) is 6.07 Å². The van der Waals surface area contributed by atoms with Crippen molar-refractivity contribution in [2.45, 2.75) is 45.2 Å². The lowest BCUT2D eigenvalue weighted by Gasteiger charge is -2.39. The largest absolute Gasteiger partial charge is 0.476 e.